The molecule has 2 aliphatic rings. The van der Waals surface area contributed by atoms with Gasteiger partial charge in [0.2, 0.25) is 5.91 Å². The second kappa shape index (κ2) is 7.24. The van der Waals surface area contributed by atoms with Crippen LogP contribution in [0, 0.1) is 11.8 Å². The zero-order valence-corrected chi connectivity index (χ0v) is 18.3. The van der Waals surface area contributed by atoms with Gasteiger partial charge in [0.15, 0.2) is 0 Å². The first-order valence-electron chi connectivity index (χ1n) is 9.67. The quantitative estimate of drug-likeness (QED) is 0.577. The summed E-state index contributed by atoms with van der Waals surface area (Å²) in [6, 6.07) is 9.91. The highest BCUT2D eigenvalue weighted by molar-refractivity contribution is 6.76. The van der Waals surface area contributed by atoms with E-state index >= 15 is 0 Å². The van der Waals surface area contributed by atoms with E-state index in [1.54, 1.807) is 7.05 Å². The van der Waals surface area contributed by atoms with Gasteiger partial charge < -0.3 is 0 Å². The molecule has 1 aromatic rings. The summed E-state index contributed by atoms with van der Waals surface area (Å²) in [5.74, 6) is -0.359. The Hall–Kier alpha value is -1.92. The number of imide groups is 1. The molecular weight excluding hydrogens is 354 g/mol. The van der Waals surface area contributed by atoms with E-state index in [0.717, 1.165) is 18.3 Å². The van der Waals surface area contributed by atoms with Crippen LogP contribution in [0.25, 0.3) is 0 Å². The fraction of sp³-hybridized carbons (Fsp3) is 0.524. The highest BCUT2D eigenvalue weighted by atomic mass is 28.3. The minimum absolute atomic E-state index is 0.0531. The molecule has 0 aliphatic carbocycles. The number of rotatable bonds is 5. The summed E-state index contributed by atoms with van der Waals surface area (Å²) in [6.45, 7) is 11.9. The molecule has 27 heavy (non-hydrogen) atoms. The number of carbonyl (C=O) groups excluding carboxylic acids is 2. The monoisotopic (exact) mass is 385 g/mol. The lowest BCUT2D eigenvalue weighted by molar-refractivity contribution is -0.140. The molecule has 146 valence electrons. The number of hydrogen-bond acceptors (Lipinski definition) is 4. The van der Waals surface area contributed by atoms with Gasteiger partial charge in [0.25, 0.3) is 5.91 Å². The van der Waals surface area contributed by atoms with Crippen molar-refractivity contribution >= 4 is 19.9 Å². The SMILES string of the molecule is CC1=CN(N(Cc2ccccc2)C[Si](C)(C)C)[C@H]2C(=O)N(C)C(=O)[C@H]2[C@H]1C. The van der Waals surface area contributed by atoms with E-state index in [1.807, 2.05) is 18.2 Å². The second-order valence-corrected chi connectivity index (χ2v) is 14.6. The minimum atomic E-state index is -1.45. The number of allylic oxidation sites excluding steroid dienone is 1. The van der Waals surface area contributed by atoms with Gasteiger partial charge in [-0.1, -0.05) is 62.5 Å². The first kappa shape index (κ1) is 19.8. The summed E-state index contributed by atoms with van der Waals surface area (Å²) in [7, 11) is 0.162. The lowest BCUT2D eigenvalue weighted by Crippen LogP contribution is -2.57. The van der Waals surface area contributed by atoms with Crippen LogP contribution in [-0.2, 0) is 16.1 Å². The van der Waals surface area contributed by atoms with Gasteiger partial charge in [-0.15, -0.1) is 0 Å². The average Bonchev–Trinajstić information content (AvgIpc) is 2.82. The fourth-order valence-electron chi connectivity index (χ4n) is 4.09. The van der Waals surface area contributed by atoms with Crippen molar-refractivity contribution in [1.82, 2.24) is 14.9 Å². The van der Waals surface area contributed by atoms with Crippen molar-refractivity contribution in [3.05, 3.63) is 47.7 Å². The standard InChI is InChI=1S/C21H31N3O2Si/c1-15-12-24(19-18(16(15)2)20(25)22(3)21(19)26)23(14-27(4,5)6)13-17-10-8-7-9-11-17/h7-12,16,18-19H,13-14H2,1-6H3/t16-,18-,19+/m0/s1. The number of hydrazine groups is 1. The molecule has 0 spiro atoms. The Kier molecular flexibility index (Phi) is 5.32. The Bertz CT molecular complexity index is 756. The van der Waals surface area contributed by atoms with Crippen LogP contribution >= 0.6 is 0 Å². The average molecular weight is 386 g/mol. The van der Waals surface area contributed by atoms with E-state index in [2.05, 4.69) is 61.8 Å². The zero-order chi connectivity index (χ0) is 19.9. The maximum absolute atomic E-state index is 13.0. The van der Waals surface area contributed by atoms with Gasteiger partial charge >= 0.3 is 0 Å². The number of hydrogen-bond donors (Lipinski definition) is 0. The zero-order valence-electron chi connectivity index (χ0n) is 17.3. The molecule has 0 aromatic heterocycles. The molecule has 0 radical (unpaired) electrons. The maximum atomic E-state index is 13.0. The number of likely N-dealkylation sites (tertiary alicyclic amines) is 1. The van der Waals surface area contributed by atoms with Crippen LogP contribution in [0.5, 0.6) is 0 Å². The molecule has 1 fully saturated rings. The van der Waals surface area contributed by atoms with E-state index in [9.17, 15) is 9.59 Å². The van der Waals surface area contributed by atoms with Crippen LogP contribution < -0.4 is 0 Å². The second-order valence-electron chi connectivity index (χ2n) is 9.12. The van der Waals surface area contributed by atoms with Crippen molar-refractivity contribution in [3.63, 3.8) is 0 Å². The van der Waals surface area contributed by atoms with Crippen molar-refractivity contribution in [3.8, 4) is 0 Å². The Morgan fingerprint density at radius 3 is 2.30 bits per heavy atom. The van der Waals surface area contributed by atoms with E-state index in [1.165, 1.54) is 10.5 Å². The first-order chi connectivity index (χ1) is 12.6. The summed E-state index contributed by atoms with van der Waals surface area (Å²) in [5.41, 5.74) is 2.36. The first-order valence-corrected chi connectivity index (χ1v) is 13.4. The van der Waals surface area contributed by atoms with E-state index < -0.39 is 14.1 Å². The van der Waals surface area contributed by atoms with Crippen LogP contribution in [-0.4, -0.2) is 54.1 Å². The normalized spacial score (nSPS) is 25.9. The van der Waals surface area contributed by atoms with E-state index in [-0.39, 0.29) is 23.7 Å². The van der Waals surface area contributed by atoms with Crippen LogP contribution in [0.4, 0.5) is 0 Å². The topological polar surface area (TPSA) is 43.9 Å². The third kappa shape index (κ3) is 3.87. The molecule has 0 bridgehead atoms. The highest BCUT2D eigenvalue weighted by Gasteiger charge is 2.54. The van der Waals surface area contributed by atoms with Gasteiger partial charge in [0.05, 0.1) is 14.0 Å². The Morgan fingerprint density at radius 2 is 1.70 bits per heavy atom. The van der Waals surface area contributed by atoms with Gasteiger partial charge in [-0.05, 0) is 18.4 Å². The van der Waals surface area contributed by atoms with Gasteiger partial charge in [0, 0.05) is 26.0 Å². The molecule has 2 heterocycles. The third-order valence-corrected chi connectivity index (χ3v) is 6.92. The lowest BCUT2D eigenvalue weighted by Gasteiger charge is -2.45. The summed E-state index contributed by atoms with van der Waals surface area (Å²) in [6.07, 6.45) is 3.02. The molecule has 2 aliphatic heterocycles. The number of amides is 2. The molecule has 1 aromatic carbocycles. The summed E-state index contributed by atoms with van der Waals surface area (Å²) < 4.78 is 0. The predicted molar refractivity (Wildman–Crippen MR) is 110 cm³/mol. The van der Waals surface area contributed by atoms with Gasteiger partial charge in [-0.3, -0.25) is 19.5 Å². The molecule has 0 unspecified atom stereocenters. The van der Waals surface area contributed by atoms with Crippen LogP contribution in [0.1, 0.15) is 19.4 Å². The van der Waals surface area contributed by atoms with Crippen molar-refractivity contribution in [2.75, 3.05) is 13.2 Å². The van der Waals surface area contributed by atoms with Crippen molar-refractivity contribution in [2.24, 2.45) is 11.8 Å². The summed E-state index contributed by atoms with van der Waals surface area (Å²) in [4.78, 5) is 27.0. The third-order valence-electron chi connectivity index (χ3n) is 5.61. The molecule has 2 amide bonds. The van der Waals surface area contributed by atoms with Crippen LogP contribution in [0.15, 0.2) is 42.1 Å². The molecule has 3 rings (SSSR count). The minimum Gasteiger partial charge on any atom is -0.300 e. The van der Waals surface area contributed by atoms with Gasteiger partial charge in [-0.25, -0.2) is 5.01 Å². The smallest absolute Gasteiger partial charge is 0.254 e. The van der Waals surface area contributed by atoms with Crippen LogP contribution in [0.2, 0.25) is 19.6 Å². The highest BCUT2D eigenvalue weighted by Crippen LogP contribution is 2.39. The maximum Gasteiger partial charge on any atom is 0.254 e. The van der Waals surface area contributed by atoms with Crippen molar-refractivity contribution in [2.45, 2.75) is 46.1 Å². The van der Waals surface area contributed by atoms with Crippen molar-refractivity contribution < 1.29 is 9.59 Å². The number of fused-ring (bicyclic) bond motifs is 1. The molecule has 0 saturated carbocycles. The molecule has 5 nitrogen and oxygen atoms in total. The van der Waals surface area contributed by atoms with Crippen LogP contribution in [0.3, 0.4) is 0 Å². The Labute approximate surface area is 163 Å². The predicted octanol–water partition coefficient (Wildman–Crippen LogP) is 3.12. The molecular formula is C21H31N3O2Si. The summed E-state index contributed by atoms with van der Waals surface area (Å²) >= 11 is 0. The molecule has 0 N–H and O–H groups in total. The van der Waals surface area contributed by atoms with E-state index in [4.69, 9.17) is 0 Å². The number of likely N-dealkylation sites (N-methyl/N-ethyl adjacent to an activating group) is 1. The van der Waals surface area contributed by atoms with Gasteiger partial charge in [-0.2, -0.15) is 0 Å². The van der Waals surface area contributed by atoms with Gasteiger partial charge in [0.1, 0.15) is 6.04 Å². The molecule has 3 atom stereocenters. The summed E-state index contributed by atoms with van der Waals surface area (Å²) in [5, 5.41) is 4.37. The largest absolute Gasteiger partial charge is 0.300 e. The Morgan fingerprint density at radius 1 is 1.07 bits per heavy atom. The van der Waals surface area contributed by atoms with Crippen molar-refractivity contribution in [1.29, 1.82) is 0 Å². The number of carbonyl (C=O) groups is 2. The number of benzene rings is 1. The fourth-order valence-corrected chi connectivity index (χ4v) is 5.46. The Balaban J connectivity index is 2.01. The number of nitrogens with zero attached hydrogens (tertiary/aromatic N) is 3. The lowest BCUT2D eigenvalue weighted by atomic mass is 9.81. The molecule has 1 saturated heterocycles. The van der Waals surface area contributed by atoms with E-state index in [0.29, 0.717) is 0 Å². The molecule has 6 heteroatoms.